The Bertz CT molecular complexity index is 337. The van der Waals surface area contributed by atoms with Crippen molar-refractivity contribution in [1.29, 1.82) is 0 Å². The van der Waals surface area contributed by atoms with E-state index in [-0.39, 0.29) is 11.8 Å². The topological polar surface area (TPSA) is 64.7 Å². The first kappa shape index (κ1) is 11.2. The van der Waals surface area contributed by atoms with E-state index in [9.17, 15) is 5.11 Å². The van der Waals surface area contributed by atoms with Crippen molar-refractivity contribution in [3.05, 3.63) is 24.3 Å². The van der Waals surface area contributed by atoms with E-state index in [4.69, 9.17) is 15.2 Å². The Balaban J connectivity index is 1.82. The monoisotopic (exact) mass is 223 g/mol. The lowest BCUT2D eigenvalue weighted by atomic mass is 10.0. The number of hydrogen-bond acceptors (Lipinski definition) is 4. The van der Waals surface area contributed by atoms with Gasteiger partial charge in [-0.15, -0.1) is 0 Å². The van der Waals surface area contributed by atoms with E-state index in [0.29, 0.717) is 18.3 Å². The molecule has 4 heteroatoms. The van der Waals surface area contributed by atoms with Gasteiger partial charge in [0.1, 0.15) is 18.1 Å². The Kier molecular flexibility index (Phi) is 3.64. The molecule has 2 atom stereocenters. The molecule has 0 bridgehead atoms. The van der Waals surface area contributed by atoms with Crippen molar-refractivity contribution < 1.29 is 14.6 Å². The van der Waals surface area contributed by atoms with Crippen molar-refractivity contribution in [2.75, 3.05) is 19.8 Å². The highest BCUT2D eigenvalue weighted by molar-refractivity contribution is 5.31. The molecule has 88 valence electrons. The highest BCUT2D eigenvalue weighted by Gasteiger charge is 2.23. The molecular formula is C12H17NO3. The summed E-state index contributed by atoms with van der Waals surface area (Å²) in [6, 6.07) is 6.73. The number of phenolic OH excluding ortho intramolecular Hbond substituents is 1. The Morgan fingerprint density at radius 2 is 2.44 bits per heavy atom. The van der Waals surface area contributed by atoms with Gasteiger partial charge in [0.15, 0.2) is 0 Å². The lowest BCUT2D eigenvalue weighted by Gasteiger charge is -2.18. The van der Waals surface area contributed by atoms with Crippen LogP contribution in [0, 0.1) is 5.92 Å². The van der Waals surface area contributed by atoms with E-state index < -0.39 is 0 Å². The van der Waals surface area contributed by atoms with E-state index in [2.05, 4.69) is 0 Å². The van der Waals surface area contributed by atoms with Gasteiger partial charge >= 0.3 is 0 Å². The highest BCUT2D eigenvalue weighted by Crippen LogP contribution is 2.20. The summed E-state index contributed by atoms with van der Waals surface area (Å²) in [6.45, 7) is 1.98. The fourth-order valence-corrected chi connectivity index (χ4v) is 1.79. The molecule has 0 aromatic heterocycles. The highest BCUT2D eigenvalue weighted by atomic mass is 16.5. The normalized spacial score (nSPS) is 21.9. The number of hydrogen-bond donors (Lipinski definition) is 2. The van der Waals surface area contributed by atoms with Crippen molar-refractivity contribution in [3.8, 4) is 11.5 Å². The third-order valence-corrected chi connectivity index (χ3v) is 2.83. The maximum absolute atomic E-state index is 9.26. The van der Waals surface area contributed by atoms with Gasteiger partial charge in [0.25, 0.3) is 0 Å². The fraction of sp³-hybridized carbons (Fsp3) is 0.500. The SMILES string of the molecule is NC(COc1cccc(O)c1)C1CCOC1. The average Bonchev–Trinajstić information content (AvgIpc) is 2.79. The minimum atomic E-state index is -0.00940. The van der Waals surface area contributed by atoms with Gasteiger partial charge < -0.3 is 20.3 Å². The van der Waals surface area contributed by atoms with Crippen molar-refractivity contribution in [2.45, 2.75) is 12.5 Å². The lowest BCUT2D eigenvalue weighted by Crippen LogP contribution is -2.36. The van der Waals surface area contributed by atoms with Gasteiger partial charge in [-0.2, -0.15) is 0 Å². The molecule has 3 N–H and O–H groups in total. The summed E-state index contributed by atoms with van der Waals surface area (Å²) in [4.78, 5) is 0. The number of nitrogens with two attached hydrogens (primary N) is 1. The minimum Gasteiger partial charge on any atom is -0.508 e. The number of aromatic hydroxyl groups is 1. The van der Waals surface area contributed by atoms with Crippen molar-refractivity contribution in [2.24, 2.45) is 11.7 Å². The van der Waals surface area contributed by atoms with Crippen LogP contribution in [0.3, 0.4) is 0 Å². The molecule has 1 heterocycles. The molecule has 1 aliphatic heterocycles. The zero-order valence-electron chi connectivity index (χ0n) is 9.13. The molecule has 0 radical (unpaired) electrons. The fourth-order valence-electron chi connectivity index (χ4n) is 1.79. The summed E-state index contributed by atoms with van der Waals surface area (Å²) < 4.78 is 10.8. The minimum absolute atomic E-state index is 0.00940. The standard InChI is InChI=1S/C12H17NO3/c13-12(9-4-5-15-7-9)8-16-11-3-1-2-10(14)6-11/h1-3,6,9,12,14H,4-5,7-8,13H2. The summed E-state index contributed by atoms with van der Waals surface area (Å²) in [6.07, 6.45) is 1.00. The van der Waals surface area contributed by atoms with E-state index >= 15 is 0 Å². The van der Waals surface area contributed by atoms with Crippen molar-refractivity contribution in [3.63, 3.8) is 0 Å². The Labute approximate surface area is 95.0 Å². The van der Waals surface area contributed by atoms with Crippen LogP contribution in [0.2, 0.25) is 0 Å². The molecule has 2 unspecified atom stereocenters. The van der Waals surface area contributed by atoms with Crippen molar-refractivity contribution in [1.82, 2.24) is 0 Å². The Morgan fingerprint density at radius 3 is 3.12 bits per heavy atom. The maximum atomic E-state index is 9.26. The lowest BCUT2D eigenvalue weighted by molar-refractivity contribution is 0.170. The van der Waals surface area contributed by atoms with Crippen LogP contribution >= 0.6 is 0 Å². The molecule has 4 nitrogen and oxygen atoms in total. The van der Waals surface area contributed by atoms with E-state index in [0.717, 1.165) is 19.6 Å². The molecule has 16 heavy (non-hydrogen) atoms. The molecular weight excluding hydrogens is 206 g/mol. The first-order valence-corrected chi connectivity index (χ1v) is 5.51. The van der Waals surface area contributed by atoms with Crippen LogP contribution < -0.4 is 10.5 Å². The van der Waals surface area contributed by atoms with Crippen LogP contribution in [-0.4, -0.2) is 31.0 Å². The summed E-state index contributed by atoms with van der Waals surface area (Å²) in [5.74, 6) is 1.24. The Hall–Kier alpha value is -1.26. The van der Waals surface area contributed by atoms with Crippen LogP contribution in [0.5, 0.6) is 11.5 Å². The number of benzene rings is 1. The third kappa shape index (κ3) is 2.87. The second-order valence-electron chi connectivity index (χ2n) is 4.10. The van der Waals surface area contributed by atoms with Crippen LogP contribution in [0.25, 0.3) is 0 Å². The molecule has 0 amide bonds. The van der Waals surface area contributed by atoms with Gasteiger partial charge in [-0.05, 0) is 18.6 Å². The van der Waals surface area contributed by atoms with Crippen LogP contribution in [0.15, 0.2) is 24.3 Å². The smallest absolute Gasteiger partial charge is 0.123 e. The zero-order valence-corrected chi connectivity index (χ0v) is 9.13. The second kappa shape index (κ2) is 5.18. The van der Waals surface area contributed by atoms with Crippen LogP contribution in [0.1, 0.15) is 6.42 Å². The summed E-state index contributed by atoms with van der Waals surface area (Å²) in [5, 5.41) is 9.26. The predicted octanol–water partition coefficient (Wildman–Crippen LogP) is 1.13. The summed E-state index contributed by atoms with van der Waals surface area (Å²) in [5.41, 5.74) is 6.00. The molecule has 0 saturated carbocycles. The summed E-state index contributed by atoms with van der Waals surface area (Å²) in [7, 11) is 0. The molecule has 1 aliphatic rings. The zero-order chi connectivity index (χ0) is 11.4. The van der Waals surface area contributed by atoms with E-state index in [1.807, 2.05) is 0 Å². The van der Waals surface area contributed by atoms with Crippen molar-refractivity contribution >= 4 is 0 Å². The average molecular weight is 223 g/mol. The maximum Gasteiger partial charge on any atom is 0.123 e. The van der Waals surface area contributed by atoms with E-state index in [1.165, 1.54) is 0 Å². The molecule has 1 aromatic rings. The number of phenols is 1. The third-order valence-electron chi connectivity index (χ3n) is 2.83. The van der Waals surface area contributed by atoms with Gasteiger partial charge in [0.05, 0.1) is 6.61 Å². The first-order valence-electron chi connectivity index (χ1n) is 5.51. The van der Waals surface area contributed by atoms with Gasteiger partial charge in [0.2, 0.25) is 0 Å². The molecule has 2 rings (SSSR count). The molecule has 1 saturated heterocycles. The molecule has 1 fully saturated rings. The second-order valence-corrected chi connectivity index (χ2v) is 4.10. The number of rotatable bonds is 4. The van der Waals surface area contributed by atoms with Gasteiger partial charge in [0, 0.05) is 24.6 Å². The van der Waals surface area contributed by atoms with E-state index in [1.54, 1.807) is 24.3 Å². The predicted molar refractivity (Wildman–Crippen MR) is 60.5 cm³/mol. The largest absolute Gasteiger partial charge is 0.508 e. The molecule has 0 aliphatic carbocycles. The molecule has 1 aromatic carbocycles. The summed E-state index contributed by atoms with van der Waals surface area (Å²) >= 11 is 0. The van der Waals surface area contributed by atoms with Gasteiger partial charge in [-0.1, -0.05) is 6.07 Å². The van der Waals surface area contributed by atoms with Gasteiger partial charge in [-0.3, -0.25) is 0 Å². The van der Waals surface area contributed by atoms with Crippen LogP contribution in [0.4, 0.5) is 0 Å². The Morgan fingerprint density at radius 1 is 1.56 bits per heavy atom. The quantitative estimate of drug-likeness (QED) is 0.803. The first-order chi connectivity index (χ1) is 7.75. The number of ether oxygens (including phenoxy) is 2. The van der Waals surface area contributed by atoms with Gasteiger partial charge in [-0.25, -0.2) is 0 Å². The molecule has 0 spiro atoms. The van der Waals surface area contributed by atoms with Crippen LogP contribution in [-0.2, 0) is 4.74 Å².